The summed E-state index contributed by atoms with van der Waals surface area (Å²) >= 11 is 0. The van der Waals surface area contributed by atoms with Crippen LogP contribution in [-0.4, -0.2) is 97.7 Å². The largest absolute Gasteiger partial charge is 0.504 e. The van der Waals surface area contributed by atoms with Crippen LogP contribution in [0.3, 0.4) is 0 Å². The molecular weight excluding hydrogens is 1150 g/mol. The molecule has 1 saturated heterocycles. The van der Waals surface area contributed by atoms with Gasteiger partial charge in [0.2, 0.25) is 5.91 Å². The third kappa shape index (κ3) is 9.77. The minimum absolute atomic E-state index is 0.0346. The first-order valence-corrected chi connectivity index (χ1v) is 37.9. The van der Waals surface area contributed by atoms with Crippen molar-refractivity contribution in [3.63, 3.8) is 0 Å². The average molecular weight is 1250 g/mol. The van der Waals surface area contributed by atoms with E-state index in [9.17, 15) is 20.1 Å². The van der Waals surface area contributed by atoms with Crippen molar-refractivity contribution in [2.24, 2.45) is 89.8 Å². The smallest absolute Gasteiger partial charge is 0.303 e. The maximum atomic E-state index is 15.1. The normalized spacial score (nSPS) is 41.9. The SMILES string of the molecule is CC(=O)O[C@@]12CCc3cc(c(O)c4c3[C@H]3C=C[C@@]5(CCC[C@H]5C3)O4)CN3C[C@@]4(CC3=O)[C@@H](CC[C@H]4c3ccccc3)CN=C(N)N[C@@]3(CCCC34CCCC4)SSC[C@@H]3CC[C@@H](C[C@]34CCC3(CCCC3)[C@@]43CC[C@H](CCN=C(N)N)[C@H]3O)[C@H](CC1)[C@H](O)C2. The fourth-order valence-electron chi connectivity index (χ4n) is 24.6. The number of guanidine groups is 2. The number of rotatable bonds is 5. The number of carbonyl (C=O) groups is 2. The van der Waals surface area contributed by atoms with E-state index in [1.54, 1.807) is 0 Å². The van der Waals surface area contributed by atoms with E-state index in [1.807, 2.05) is 4.90 Å². The number of ether oxygens (including phenoxy) is 2. The molecule has 1 amide bonds. The molecule has 18 rings (SSSR count). The number of aliphatic imine (C=N–C) groups is 2. The van der Waals surface area contributed by atoms with Crippen molar-refractivity contribution in [2.45, 2.75) is 253 Å². The number of nitrogens with zero attached hydrogens (tertiary/aromatic N) is 3. The number of aromatic hydroxyl groups is 1. The molecule has 10 fully saturated rings. The van der Waals surface area contributed by atoms with Crippen LogP contribution < -0.4 is 27.3 Å². The predicted molar refractivity (Wildman–Crippen MR) is 353 cm³/mol. The second-order valence-electron chi connectivity index (χ2n) is 31.9. The van der Waals surface area contributed by atoms with Crippen molar-refractivity contribution in [3.05, 3.63) is 70.8 Å². The number of nitrogens with one attached hydrogen (secondary N) is 1. The number of esters is 1. The molecule has 0 unspecified atom stereocenters. The van der Waals surface area contributed by atoms with Gasteiger partial charge in [0.05, 0.1) is 12.2 Å². The van der Waals surface area contributed by atoms with Crippen molar-refractivity contribution in [1.82, 2.24) is 10.2 Å². The molecule has 2 aromatic carbocycles. The van der Waals surface area contributed by atoms with Gasteiger partial charge < -0.3 is 52.2 Å². The Labute approximate surface area is 537 Å². The Morgan fingerprint density at radius 3 is 2.42 bits per heavy atom. The lowest BCUT2D eigenvalue weighted by Crippen LogP contribution is -2.59. The number of benzene rings is 2. The number of nitrogens with two attached hydrogens (primary N) is 3. The number of phenolic OH excluding ortho intramolecular Hbond substituents is 1. The average Bonchev–Trinajstić information content (AvgIpc) is 1.52. The molecule has 484 valence electrons. The molecule has 9 saturated carbocycles. The Balaban J connectivity index is 0.833. The standard InChI is InChI=1S/C73H103N7O7S2/c1-46(81)86-68-30-18-49-37-52(61(84)62-60(49)50-19-32-71(87-62)28-9-13-53(71)38-50)43-80-45-69(41-59(80)83)54(16-17-57(69)47-11-3-2-4-12-47)42-78-65(76)79-73(29-10-27-67(73)25-7-8-26-67)89-88-44-55-15-14-51(56(21-31-68)58(82)40-68)39-70(55)35-34-66(23-5-6-24-66)72(70)33-20-48(63(72)85)22-36-77-64(74)75/h2-4,11-12,19,32,37,48,50-51,53-58,63,82,84-85H,5-10,13-18,20-31,33-36,38-45H2,1H3,(H4,74,75,77)(H3,76,78,79)/t48-,50+,51+,53+,54+,55+,56+,57+,58-,63-,68+,69+,70-,71-,72+,73+/m1/s1. The maximum absolute atomic E-state index is 15.1. The summed E-state index contributed by atoms with van der Waals surface area (Å²) in [6.07, 6.45) is 33.8. The molecule has 6 heterocycles. The molecule has 0 radical (unpaired) electrons. The molecule has 0 aromatic heterocycles. The number of fused-ring (bicyclic) bond motifs is 2. The van der Waals surface area contributed by atoms with E-state index in [0.717, 1.165) is 126 Å². The second-order valence-corrected chi connectivity index (χ2v) is 34.5. The van der Waals surface area contributed by atoms with Crippen LogP contribution in [0.4, 0.5) is 0 Å². The Morgan fingerprint density at radius 2 is 1.63 bits per heavy atom. The highest BCUT2D eigenvalue weighted by atomic mass is 33.1. The van der Waals surface area contributed by atoms with Crippen LogP contribution in [-0.2, 0) is 27.3 Å². The van der Waals surface area contributed by atoms with Crippen LogP contribution in [0.15, 0.2) is 58.5 Å². The molecule has 89 heavy (non-hydrogen) atoms. The number of hydrogen-bond acceptors (Lipinski definition) is 13. The molecule has 2 aromatic rings. The van der Waals surface area contributed by atoms with Crippen molar-refractivity contribution >= 4 is 45.4 Å². The summed E-state index contributed by atoms with van der Waals surface area (Å²) in [5, 5.41) is 43.6. The fraction of sp³-hybridized carbons (Fsp3) is 0.753. The van der Waals surface area contributed by atoms with E-state index in [1.165, 1.54) is 70.3 Å². The zero-order chi connectivity index (χ0) is 61.2. The third-order valence-corrected chi connectivity index (χ3v) is 31.7. The summed E-state index contributed by atoms with van der Waals surface area (Å²) in [6, 6.07) is 13.0. The van der Waals surface area contributed by atoms with Gasteiger partial charge in [-0.15, -0.1) is 0 Å². The summed E-state index contributed by atoms with van der Waals surface area (Å²) in [4.78, 5) is 40.3. The van der Waals surface area contributed by atoms with Gasteiger partial charge in [-0.25, -0.2) is 0 Å². The molecule has 6 aliphatic heterocycles. The van der Waals surface area contributed by atoms with E-state index >= 15 is 4.79 Å². The van der Waals surface area contributed by atoms with Gasteiger partial charge in [-0.3, -0.25) is 19.6 Å². The molecule has 10 aliphatic carbocycles. The quantitative estimate of drug-likeness (QED) is 0.0486. The topological polar surface area (TPSA) is 231 Å². The van der Waals surface area contributed by atoms with E-state index in [0.29, 0.717) is 80.8 Å². The van der Waals surface area contributed by atoms with Gasteiger partial charge in [0.25, 0.3) is 0 Å². The molecule has 16 atom stereocenters. The Bertz CT molecular complexity index is 3120. The highest BCUT2D eigenvalue weighted by Gasteiger charge is 2.75. The number of hydrogen-bond donors (Lipinski definition) is 7. The van der Waals surface area contributed by atoms with Crippen LogP contribution in [0.5, 0.6) is 11.5 Å². The number of allylic oxidation sites excluding steroid dienone is 1. The summed E-state index contributed by atoms with van der Waals surface area (Å²) in [7, 11) is 4.16. The predicted octanol–water partition coefficient (Wildman–Crippen LogP) is 12.6. The Kier molecular flexibility index (Phi) is 15.9. The van der Waals surface area contributed by atoms with Crippen LogP contribution in [0.1, 0.15) is 234 Å². The minimum Gasteiger partial charge on any atom is -0.504 e. The van der Waals surface area contributed by atoms with E-state index in [2.05, 4.69) is 80.4 Å². The zero-order valence-corrected chi connectivity index (χ0v) is 54.8. The van der Waals surface area contributed by atoms with Gasteiger partial charge in [0, 0.05) is 90.9 Å². The van der Waals surface area contributed by atoms with Crippen LogP contribution in [0.25, 0.3) is 0 Å². The monoisotopic (exact) mass is 1250 g/mol. The molecule has 14 nitrogen and oxygen atoms in total. The zero-order valence-electron chi connectivity index (χ0n) is 53.2. The van der Waals surface area contributed by atoms with E-state index in [-0.39, 0.29) is 92.2 Å². The number of phenols is 1. The molecule has 16 aliphatic rings. The third-order valence-electron chi connectivity index (χ3n) is 28.4. The molecule has 10 N–H and O–H groups in total. The maximum Gasteiger partial charge on any atom is 0.303 e. The minimum atomic E-state index is -0.893. The molecule has 7 spiro atoms. The van der Waals surface area contributed by atoms with Gasteiger partial charge >= 0.3 is 5.97 Å². The Morgan fingerprint density at radius 1 is 0.843 bits per heavy atom. The lowest BCUT2D eigenvalue weighted by Gasteiger charge is -2.61. The second kappa shape index (κ2) is 23.1. The highest BCUT2D eigenvalue weighted by molar-refractivity contribution is 8.77. The van der Waals surface area contributed by atoms with E-state index in [4.69, 9.17) is 31.7 Å². The van der Waals surface area contributed by atoms with Gasteiger partial charge in [0.15, 0.2) is 23.4 Å². The Hall–Kier alpha value is -4.12. The van der Waals surface area contributed by atoms with Crippen molar-refractivity contribution in [2.75, 3.05) is 25.4 Å². The van der Waals surface area contributed by atoms with Gasteiger partial charge in [-0.05, 0) is 230 Å². The van der Waals surface area contributed by atoms with Crippen LogP contribution in [0.2, 0.25) is 0 Å². The lowest BCUT2D eigenvalue weighted by molar-refractivity contribution is -0.178. The number of aliphatic hydroxyl groups excluding tert-OH is 2. The van der Waals surface area contributed by atoms with Crippen LogP contribution >= 0.6 is 21.6 Å². The van der Waals surface area contributed by atoms with Crippen LogP contribution in [0, 0.1) is 62.6 Å². The summed E-state index contributed by atoms with van der Waals surface area (Å²) in [6.45, 7) is 3.39. The van der Waals surface area contributed by atoms with Gasteiger partial charge in [-0.1, -0.05) is 83.7 Å². The molecular formula is C73H103N7O7S2. The molecule has 10 bridgehead atoms. The van der Waals surface area contributed by atoms with Crippen molar-refractivity contribution < 1.29 is 34.4 Å². The van der Waals surface area contributed by atoms with Gasteiger partial charge in [-0.2, -0.15) is 0 Å². The van der Waals surface area contributed by atoms with Crippen molar-refractivity contribution in [1.29, 1.82) is 0 Å². The summed E-state index contributed by atoms with van der Waals surface area (Å²) in [5.74, 6) is 3.57. The van der Waals surface area contributed by atoms with E-state index < -0.39 is 28.8 Å². The summed E-state index contributed by atoms with van der Waals surface area (Å²) in [5.41, 5.74) is 21.3. The number of aryl methyl sites for hydroxylation is 1. The fourth-order valence-corrected chi connectivity index (χ4v) is 28.6. The first kappa shape index (κ1) is 61.1. The van der Waals surface area contributed by atoms with Gasteiger partial charge in [0.1, 0.15) is 16.1 Å². The molecule has 16 heteroatoms. The number of amides is 1. The lowest BCUT2D eigenvalue weighted by atomic mass is 9.44. The summed E-state index contributed by atoms with van der Waals surface area (Å²) < 4.78 is 13.9. The first-order chi connectivity index (χ1) is 43.0. The number of aliphatic hydroxyl groups is 2. The first-order valence-electron chi connectivity index (χ1n) is 35.6. The highest BCUT2D eigenvalue weighted by Crippen LogP contribution is 2.80. The number of carbonyl (C=O) groups excluding carboxylic acids is 2. The van der Waals surface area contributed by atoms with Crippen molar-refractivity contribution in [3.8, 4) is 11.5 Å².